The molecule has 0 spiro atoms. The van der Waals surface area contributed by atoms with Crippen LogP contribution in [0.4, 0.5) is 4.79 Å². The highest BCUT2D eigenvalue weighted by Crippen LogP contribution is 2.40. The monoisotopic (exact) mass is 402 g/mol. The molecule has 1 aromatic carbocycles. The Morgan fingerprint density at radius 3 is 2.79 bits per heavy atom. The predicted molar refractivity (Wildman–Crippen MR) is 106 cm³/mol. The third-order valence-electron chi connectivity index (χ3n) is 4.45. The fraction of sp³-hybridized carbons (Fsp3) is 0.500. The molecule has 0 radical (unpaired) electrons. The first-order chi connectivity index (χ1) is 13.2. The Bertz CT molecular complexity index is 999. The molecule has 1 heterocycles. The molecular weight excluding hydrogens is 380 g/mol. The van der Waals surface area contributed by atoms with E-state index in [9.17, 15) is 9.59 Å². The number of halogens is 1. The van der Waals surface area contributed by atoms with Crippen molar-refractivity contribution in [3.8, 4) is 6.07 Å². The van der Waals surface area contributed by atoms with Crippen molar-refractivity contribution in [3.63, 3.8) is 0 Å². The predicted octanol–water partition coefficient (Wildman–Crippen LogP) is 3.94. The summed E-state index contributed by atoms with van der Waals surface area (Å²) in [6.07, 6.45) is 1.43. The molecule has 148 valence electrons. The van der Waals surface area contributed by atoms with Crippen LogP contribution in [-0.2, 0) is 11.3 Å². The second-order valence-electron chi connectivity index (χ2n) is 7.93. The number of rotatable bonds is 5. The molecule has 7 nitrogen and oxygen atoms in total. The number of benzene rings is 1. The van der Waals surface area contributed by atoms with E-state index in [1.54, 1.807) is 39.0 Å². The highest BCUT2D eigenvalue weighted by Gasteiger charge is 2.37. The first kappa shape index (κ1) is 20.2. The SMILES string of the molecule is CC(C)(C)OC(=O)N[C@H](c1nc2cccc(Cl)c2c(=O)n1CCC#N)C1CC1. The fourth-order valence-electron chi connectivity index (χ4n) is 3.11. The van der Waals surface area contributed by atoms with E-state index in [0.717, 1.165) is 12.8 Å². The third kappa shape index (κ3) is 4.45. The van der Waals surface area contributed by atoms with Crippen LogP contribution < -0.4 is 10.9 Å². The number of nitrogens with zero attached hydrogens (tertiary/aromatic N) is 3. The summed E-state index contributed by atoms with van der Waals surface area (Å²) in [5.74, 6) is 0.604. The molecule has 1 atom stereocenters. The van der Waals surface area contributed by atoms with Crippen LogP contribution in [0.5, 0.6) is 0 Å². The first-order valence-corrected chi connectivity index (χ1v) is 9.64. The van der Waals surface area contributed by atoms with Gasteiger partial charge in [-0.2, -0.15) is 5.26 Å². The molecule has 0 bridgehead atoms. The van der Waals surface area contributed by atoms with Crippen LogP contribution in [0.15, 0.2) is 23.0 Å². The van der Waals surface area contributed by atoms with Crippen molar-refractivity contribution in [2.24, 2.45) is 5.92 Å². The molecule has 0 aliphatic heterocycles. The van der Waals surface area contributed by atoms with Gasteiger partial charge in [0.1, 0.15) is 11.4 Å². The third-order valence-corrected chi connectivity index (χ3v) is 4.77. The topological polar surface area (TPSA) is 97.0 Å². The zero-order valence-electron chi connectivity index (χ0n) is 16.2. The number of amides is 1. The van der Waals surface area contributed by atoms with E-state index in [1.807, 2.05) is 0 Å². The average Bonchev–Trinajstić information content (AvgIpc) is 3.42. The zero-order chi connectivity index (χ0) is 20.5. The van der Waals surface area contributed by atoms with E-state index in [2.05, 4.69) is 16.4 Å². The molecule has 2 aromatic rings. The van der Waals surface area contributed by atoms with Crippen LogP contribution in [0.3, 0.4) is 0 Å². The zero-order valence-corrected chi connectivity index (χ0v) is 16.9. The van der Waals surface area contributed by atoms with Gasteiger partial charge in [-0.05, 0) is 51.7 Å². The van der Waals surface area contributed by atoms with E-state index >= 15 is 0 Å². The Balaban J connectivity index is 2.09. The molecule has 3 rings (SSSR count). The smallest absolute Gasteiger partial charge is 0.408 e. The summed E-state index contributed by atoms with van der Waals surface area (Å²) in [4.78, 5) is 30.2. The van der Waals surface area contributed by atoms with Crippen LogP contribution in [-0.4, -0.2) is 21.2 Å². The molecular formula is C20H23ClN4O3. The van der Waals surface area contributed by atoms with Gasteiger partial charge in [-0.25, -0.2) is 9.78 Å². The average molecular weight is 403 g/mol. The van der Waals surface area contributed by atoms with Gasteiger partial charge in [-0.1, -0.05) is 17.7 Å². The van der Waals surface area contributed by atoms with E-state index in [1.165, 1.54) is 4.57 Å². The van der Waals surface area contributed by atoms with Crippen LogP contribution in [0, 0.1) is 17.2 Å². The van der Waals surface area contributed by atoms with Gasteiger partial charge >= 0.3 is 6.09 Å². The molecule has 1 aromatic heterocycles. The van der Waals surface area contributed by atoms with Crippen LogP contribution in [0.25, 0.3) is 10.9 Å². The van der Waals surface area contributed by atoms with E-state index in [0.29, 0.717) is 21.7 Å². The minimum atomic E-state index is -0.636. The lowest BCUT2D eigenvalue weighted by molar-refractivity contribution is 0.0493. The van der Waals surface area contributed by atoms with Gasteiger partial charge in [-0.3, -0.25) is 9.36 Å². The number of fused-ring (bicyclic) bond motifs is 1. The first-order valence-electron chi connectivity index (χ1n) is 9.26. The standard InChI is InChI=1S/C20H23ClN4O3/c1-20(2,3)28-19(27)24-16(12-8-9-12)17-23-14-7-4-6-13(21)15(14)18(26)25(17)11-5-10-22/h4,6-7,12,16H,5,8-9,11H2,1-3H3,(H,24,27)/t16-/m0/s1. The van der Waals surface area contributed by atoms with Crippen molar-refractivity contribution in [1.29, 1.82) is 5.26 Å². The lowest BCUT2D eigenvalue weighted by atomic mass is 10.1. The highest BCUT2D eigenvalue weighted by molar-refractivity contribution is 6.35. The fourth-order valence-corrected chi connectivity index (χ4v) is 3.36. The molecule has 1 saturated carbocycles. The van der Waals surface area contributed by atoms with Gasteiger partial charge in [0.15, 0.2) is 0 Å². The summed E-state index contributed by atoms with van der Waals surface area (Å²) >= 11 is 6.22. The number of nitrogens with one attached hydrogen (secondary N) is 1. The summed E-state index contributed by atoms with van der Waals surface area (Å²) in [6, 6.07) is 6.68. The Morgan fingerprint density at radius 1 is 1.46 bits per heavy atom. The van der Waals surface area contributed by atoms with Crippen LogP contribution >= 0.6 is 11.6 Å². The van der Waals surface area contributed by atoms with Crippen molar-refractivity contribution in [3.05, 3.63) is 39.4 Å². The quantitative estimate of drug-likeness (QED) is 0.816. The van der Waals surface area contributed by atoms with Gasteiger partial charge in [0.05, 0.1) is 34.5 Å². The van der Waals surface area contributed by atoms with Gasteiger partial charge in [0.2, 0.25) is 0 Å². The molecule has 8 heteroatoms. The van der Waals surface area contributed by atoms with Gasteiger partial charge in [0.25, 0.3) is 5.56 Å². The molecule has 28 heavy (non-hydrogen) atoms. The van der Waals surface area contributed by atoms with Crippen molar-refractivity contribution >= 4 is 28.6 Å². The molecule has 1 aliphatic rings. The largest absolute Gasteiger partial charge is 0.444 e. The summed E-state index contributed by atoms with van der Waals surface area (Å²) < 4.78 is 6.84. The minimum absolute atomic E-state index is 0.147. The molecule has 1 N–H and O–H groups in total. The second kappa shape index (κ2) is 7.80. The number of hydrogen-bond donors (Lipinski definition) is 1. The Labute approximate surface area is 168 Å². The summed E-state index contributed by atoms with van der Waals surface area (Å²) in [5, 5.41) is 12.5. The normalized spacial score (nSPS) is 15.1. The summed E-state index contributed by atoms with van der Waals surface area (Å²) in [6.45, 7) is 5.55. The van der Waals surface area contributed by atoms with E-state index in [-0.39, 0.29) is 24.4 Å². The second-order valence-corrected chi connectivity index (χ2v) is 8.34. The highest BCUT2D eigenvalue weighted by atomic mass is 35.5. The number of carbonyl (C=O) groups excluding carboxylic acids is 1. The molecule has 0 unspecified atom stereocenters. The number of nitriles is 1. The molecule has 1 aliphatic carbocycles. The summed E-state index contributed by atoms with van der Waals surface area (Å²) in [7, 11) is 0. The van der Waals surface area contributed by atoms with Crippen LogP contribution in [0.2, 0.25) is 5.02 Å². The number of aromatic nitrogens is 2. The number of alkyl carbamates (subject to hydrolysis) is 1. The Hall–Kier alpha value is -2.59. The number of ether oxygens (including phenoxy) is 1. The van der Waals surface area contributed by atoms with Crippen molar-refractivity contribution in [2.45, 2.75) is 58.2 Å². The van der Waals surface area contributed by atoms with Crippen molar-refractivity contribution in [2.75, 3.05) is 0 Å². The maximum Gasteiger partial charge on any atom is 0.408 e. The molecule has 1 fully saturated rings. The maximum absolute atomic E-state index is 13.1. The van der Waals surface area contributed by atoms with Crippen molar-refractivity contribution < 1.29 is 9.53 Å². The molecule has 0 saturated heterocycles. The van der Waals surface area contributed by atoms with Gasteiger partial charge in [0, 0.05) is 6.54 Å². The van der Waals surface area contributed by atoms with E-state index in [4.69, 9.17) is 21.6 Å². The number of hydrogen-bond acceptors (Lipinski definition) is 5. The van der Waals surface area contributed by atoms with Crippen molar-refractivity contribution in [1.82, 2.24) is 14.9 Å². The number of carbonyl (C=O) groups is 1. The molecule has 1 amide bonds. The summed E-state index contributed by atoms with van der Waals surface area (Å²) in [5.41, 5.74) is -0.474. The maximum atomic E-state index is 13.1. The van der Waals surface area contributed by atoms with Gasteiger partial charge in [-0.15, -0.1) is 0 Å². The van der Waals surface area contributed by atoms with Crippen LogP contribution in [0.1, 0.15) is 51.9 Å². The van der Waals surface area contributed by atoms with Gasteiger partial charge < -0.3 is 10.1 Å². The minimum Gasteiger partial charge on any atom is -0.444 e. The van der Waals surface area contributed by atoms with E-state index < -0.39 is 17.7 Å². The Kier molecular flexibility index (Phi) is 5.61. The lowest BCUT2D eigenvalue weighted by Crippen LogP contribution is -2.39. The Morgan fingerprint density at radius 2 is 2.18 bits per heavy atom. The lowest BCUT2D eigenvalue weighted by Gasteiger charge is -2.25.